The summed E-state index contributed by atoms with van der Waals surface area (Å²) < 4.78 is 0. The first-order valence-electron chi connectivity index (χ1n) is 5.54. The van der Waals surface area contributed by atoms with Crippen LogP contribution in [0.3, 0.4) is 0 Å². The Balaban J connectivity index is 3.15. The maximum atomic E-state index is 9.07. The SMILES string of the molecule is CC(C)=C(C#N)c1ccc(C(C)(C)C)cc1. The maximum Gasteiger partial charge on any atom is 0.0997 e. The van der Waals surface area contributed by atoms with Crippen LogP contribution in [-0.4, -0.2) is 0 Å². The molecular weight excluding hydrogens is 194 g/mol. The number of nitrogens with zero attached hydrogens (tertiary/aromatic N) is 1. The molecule has 0 aliphatic heterocycles. The summed E-state index contributed by atoms with van der Waals surface area (Å²) in [7, 11) is 0. The van der Waals surface area contributed by atoms with Gasteiger partial charge in [0.05, 0.1) is 11.6 Å². The zero-order valence-electron chi connectivity index (χ0n) is 10.8. The van der Waals surface area contributed by atoms with Crippen LogP contribution in [0.2, 0.25) is 0 Å². The first-order chi connectivity index (χ1) is 7.36. The van der Waals surface area contributed by atoms with E-state index in [0.29, 0.717) is 0 Å². The minimum atomic E-state index is 0.163. The predicted molar refractivity (Wildman–Crippen MR) is 69.0 cm³/mol. The second kappa shape index (κ2) is 4.53. The third kappa shape index (κ3) is 2.73. The molecule has 1 aromatic rings. The highest BCUT2D eigenvalue weighted by molar-refractivity contribution is 5.78. The third-order valence-corrected chi connectivity index (χ3v) is 2.65. The van der Waals surface area contributed by atoms with Gasteiger partial charge < -0.3 is 0 Å². The normalized spacial score (nSPS) is 10.8. The maximum absolute atomic E-state index is 9.07. The van der Waals surface area contributed by atoms with Gasteiger partial charge in [0.2, 0.25) is 0 Å². The molecule has 0 aromatic heterocycles. The van der Waals surface area contributed by atoms with Crippen molar-refractivity contribution in [3.05, 3.63) is 41.0 Å². The fourth-order valence-corrected chi connectivity index (χ4v) is 1.60. The fraction of sp³-hybridized carbons (Fsp3) is 0.400. The molecule has 0 heterocycles. The molecule has 1 heteroatoms. The minimum absolute atomic E-state index is 0.163. The van der Waals surface area contributed by atoms with Crippen molar-refractivity contribution in [2.24, 2.45) is 0 Å². The van der Waals surface area contributed by atoms with Gasteiger partial charge >= 0.3 is 0 Å². The highest BCUT2D eigenvalue weighted by atomic mass is 14.3. The van der Waals surface area contributed by atoms with E-state index < -0.39 is 0 Å². The molecule has 0 spiro atoms. The van der Waals surface area contributed by atoms with Crippen LogP contribution in [0.25, 0.3) is 5.57 Å². The smallest absolute Gasteiger partial charge is 0.0997 e. The van der Waals surface area contributed by atoms with Crippen LogP contribution in [0.15, 0.2) is 29.8 Å². The molecular formula is C15H19N. The second-order valence-electron chi connectivity index (χ2n) is 5.31. The zero-order chi connectivity index (χ0) is 12.3. The second-order valence-corrected chi connectivity index (χ2v) is 5.31. The Labute approximate surface area is 98.4 Å². The van der Waals surface area contributed by atoms with Gasteiger partial charge in [0.1, 0.15) is 0 Å². The van der Waals surface area contributed by atoms with Crippen molar-refractivity contribution in [1.29, 1.82) is 5.26 Å². The molecule has 16 heavy (non-hydrogen) atoms. The van der Waals surface area contributed by atoms with E-state index in [-0.39, 0.29) is 5.41 Å². The Morgan fingerprint density at radius 2 is 1.56 bits per heavy atom. The molecule has 84 valence electrons. The molecule has 0 fully saturated rings. The van der Waals surface area contributed by atoms with Gasteiger partial charge in [0.15, 0.2) is 0 Å². The summed E-state index contributed by atoms with van der Waals surface area (Å²) in [4.78, 5) is 0. The fourth-order valence-electron chi connectivity index (χ4n) is 1.60. The molecule has 0 aliphatic rings. The van der Waals surface area contributed by atoms with E-state index in [1.807, 2.05) is 26.0 Å². The molecule has 0 unspecified atom stereocenters. The van der Waals surface area contributed by atoms with E-state index in [2.05, 4.69) is 39.0 Å². The number of benzene rings is 1. The minimum Gasteiger partial charge on any atom is -0.192 e. The van der Waals surface area contributed by atoms with Crippen LogP contribution in [0.1, 0.15) is 45.7 Å². The Kier molecular flexibility index (Phi) is 3.55. The molecule has 0 amide bonds. The van der Waals surface area contributed by atoms with Crippen LogP contribution >= 0.6 is 0 Å². The van der Waals surface area contributed by atoms with E-state index in [9.17, 15) is 0 Å². The van der Waals surface area contributed by atoms with Gasteiger partial charge in [-0.2, -0.15) is 5.26 Å². The molecule has 1 rings (SSSR count). The highest BCUT2D eigenvalue weighted by Crippen LogP contribution is 2.25. The predicted octanol–water partition coefficient (Wildman–Crippen LogP) is 4.30. The molecule has 1 nitrogen and oxygen atoms in total. The summed E-state index contributed by atoms with van der Waals surface area (Å²) in [6.45, 7) is 10.5. The van der Waals surface area contributed by atoms with Crippen LogP contribution < -0.4 is 0 Å². The number of hydrogen-bond acceptors (Lipinski definition) is 1. The lowest BCUT2D eigenvalue weighted by atomic mass is 9.86. The van der Waals surface area contributed by atoms with Gasteiger partial charge in [-0.3, -0.25) is 0 Å². The van der Waals surface area contributed by atoms with Gasteiger partial charge in [-0.1, -0.05) is 50.6 Å². The molecule has 0 atom stereocenters. The van der Waals surface area contributed by atoms with Gasteiger partial charge in [0.25, 0.3) is 0 Å². The Hall–Kier alpha value is -1.55. The molecule has 0 radical (unpaired) electrons. The number of rotatable bonds is 1. The van der Waals surface area contributed by atoms with Crippen molar-refractivity contribution in [1.82, 2.24) is 0 Å². The van der Waals surface area contributed by atoms with Crippen molar-refractivity contribution in [2.75, 3.05) is 0 Å². The quantitative estimate of drug-likeness (QED) is 0.638. The van der Waals surface area contributed by atoms with Gasteiger partial charge in [-0.15, -0.1) is 0 Å². The van der Waals surface area contributed by atoms with Crippen molar-refractivity contribution in [3.8, 4) is 6.07 Å². The molecule has 0 N–H and O–H groups in total. The Morgan fingerprint density at radius 1 is 1.06 bits per heavy atom. The third-order valence-electron chi connectivity index (χ3n) is 2.65. The van der Waals surface area contributed by atoms with Crippen molar-refractivity contribution >= 4 is 5.57 Å². The van der Waals surface area contributed by atoms with E-state index in [1.54, 1.807) is 0 Å². The van der Waals surface area contributed by atoms with Gasteiger partial charge in [-0.05, 0) is 30.4 Å². The molecule has 0 bridgehead atoms. The summed E-state index contributed by atoms with van der Waals surface area (Å²) in [5.74, 6) is 0. The molecule has 0 aliphatic carbocycles. The summed E-state index contributed by atoms with van der Waals surface area (Å²) in [5.41, 5.74) is 4.31. The monoisotopic (exact) mass is 213 g/mol. The van der Waals surface area contributed by atoms with E-state index in [4.69, 9.17) is 5.26 Å². The topological polar surface area (TPSA) is 23.8 Å². The number of hydrogen-bond donors (Lipinski definition) is 0. The average molecular weight is 213 g/mol. The lowest BCUT2D eigenvalue weighted by molar-refractivity contribution is 0.590. The number of allylic oxidation sites excluding steroid dienone is 2. The van der Waals surface area contributed by atoms with Gasteiger partial charge in [0, 0.05) is 0 Å². The first kappa shape index (κ1) is 12.5. The number of nitriles is 1. The van der Waals surface area contributed by atoms with Crippen molar-refractivity contribution in [2.45, 2.75) is 40.0 Å². The summed E-state index contributed by atoms with van der Waals surface area (Å²) >= 11 is 0. The molecule has 0 saturated heterocycles. The van der Waals surface area contributed by atoms with Crippen LogP contribution in [0, 0.1) is 11.3 Å². The summed E-state index contributed by atoms with van der Waals surface area (Å²) in [5, 5.41) is 9.07. The Morgan fingerprint density at radius 3 is 1.88 bits per heavy atom. The zero-order valence-corrected chi connectivity index (χ0v) is 10.8. The van der Waals surface area contributed by atoms with Crippen molar-refractivity contribution < 1.29 is 0 Å². The van der Waals surface area contributed by atoms with Crippen LogP contribution in [-0.2, 0) is 5.41 Å². The van der Waals surface area contributed by atoms with E-state index >= 15 is 0 Å². The average Bonchev–Trinajstić information content (AvgIpc) is 2.17. The standard InChI is InChI=1S/C15H19N/c1-11(2)14(10-16)12-6-8-13(9-7-12)15(3,4)5/h6-9H,1-5H3. The van der Waals surface area contributed by atoms with Crippen LogP contribution in [0.4, 0.5) is 0 Å². The lowest BCUT2D eigenvalue weighted by Gasteiger charge is -2.19. The largest absolute Gasteiger partial charge is 0.192 e. The summed E-state index contributed by atoms with van der Waals surface area (Å²) in [6.07, 6.45) is 0. The first-order valence-corrected chi connectivity index (χ1v) is 5.54. The van der Waals surface area contributed by atoms with Crippen LogP contribution in [0.5, 0.6) is 0 Å². The van der Waals surface area contributed by atoms with Gasteiger partial charge in [-0.25, -0.2) is 0 Å². The van der Waals surface area contributed by atoms with E-state index in [0.717, 1.165) is 16.7 Å². The summed E-state index contributed by atoms with van der Waals surface area (Å²) in [6, 6.07) is 10.5. The highest BCUT2D eigenvalue weighted by Gasteiger charge is 2.13. The van der Waals surface area contributed by atoms with Crippen molar-refractivity contribution in [3.63, 3.8) is 0 Å². The van der Waals surface area contributed by atoms with E-state index in [1.165, 1.54) is 5.56 Å². The Bertz CT molecular complexity index is 432. The molecule has 0 saturated carbocycles. The molecule has 1 aromatic carbocycles. The lowest BCUT2D eigenvalue weighted by Crippen LogP contribution is -2.10.